The third kappa shape index (κ3) is 3.72. The highest BCUT2D eigenvalue weighted by molar-refractivity contribution is 5.95. The van der Waals surface area contributed by atoms with Crippen LogP contribution in [0.5, 0.6) is 0 Å². The van der Waals surface area contributed by atoms with Gasteiger partial charge in [-0.15, -0.1) is 0 Å². The van der Waals surface area contributed by atoms with Gasteiger partial charge >= 0.3 is 6.09 Å². The zero-order valence-electron chi connectivity index (χ0n) is 17.7. The number of ether oxygens (including phenoxy) is 1. The zero-order valence-corrected chi connectivity index (χ0v) is 17.7. The standard InChI is InChI=1S/C21H35N3O3/c1-19(2,3)27-18(26)24-11-8-14(9-12-24)17(25)23-22-16-13-15-7-10-21(16,6)20(15,4)5/h14-15H,7-13H2,1-6H3,(H,23,25)/b22-16-/t15-,21+/m1/s1. The fraction of sp³-hybridized carbons (Fsp3) is 0.857. The number of fused-ring (bicyclic) bond motifs is 2. The molecule has 2 bridgehead atoms. The molecule has 3 fully saturated rings. The highest BCUT2D eigenvalue weighted by Crippen LogP contribution is 2.63. The molecule has 27 heavy (non-hydrogen) atoms. The minimum Gasteiger partial charge on any atom is -0.444 e. The molecule has 2 aliphatic carbocycles. The van der Waals surface area contributed by atoms with E-state index in [0.29, 0.717) is 31.8 Å². The molecule has 1 N–H and O–H groups in total. The average Bonchev–Trinajstić information content (AvgIpc) is 2.91. The van der Waals surface area contributed by atoms with Gasteiger partial charge in [-0.3, -0.25) is 4.79 Å². The van der Waals surface area contributed by atoms with Crippen LogP contribution in [0, 0.1) is 22.7 Å². The Balaban J connectivity index is 1.52. The van der Waals surface area contributed by atoms with Crippen LogP contribution in [0.2, 0.25) is 0 Å². The van der Waals surface area contributed by atoms with E-state index in [4.69, 9.17) is 4.74 Å². The van der Waals surface area contributed by atoms with Crippen LogP contribution in [-0.4, -0.2) is 41.3 Å². The van der Waals surface area contributed by atoms with Crippen LogP contribution in [0.4, 0.5) is 4.79 Å². The van der Waals surface area contributed by atoms with Crippen molar-refractivity contribution in [2.24, 2.45) is 27.8 Å². The predicted molar refractivity (Wildman–Crippen MR) is 105 cm³/mol. The van der Waals surface area contributed by atoms with Crippen LogP contribution < -0.4 is 5.43 Å². The first-order valence-electron chi connectivity index (χ1n) is 10.3. The number of rotatable bonds is 2. The van der Waals surface area contributed by atoms with E-state index in [1.165, 1.54) is 6.42 Å². The van der Waals surface area contributed by atoms with Gasteiger partial charge in [-0.05, 0) is 64.2 Å². The first-order chi connectivity index (χ1) is 12.4. The van der Waals surface area contributed by atoms with Gasteiger partial charge in [-0.1, -0.05) is 20.8 Å². The van der Waals surface area contributed by atoms with Crippen molar-refractivity contribution in [2.45, 2.75) is 79.2 Å². The van der Waals surface area contributed by atoms with Crippen LogP contribution in [-0.2, 0) is 9.53 Å². The van der Waals surface area contributed by atoms with Crippen LogP contribution >= 0.6 is 0 Å². The molecule has 2 amide bonds. The lowest BCUT2D eigenvalue weighted by Gasteiger charge is -2.34. The Hall–Kier alpha value is -1.59. The van der Waals surface area contributed by atoms with Gasteiger partial charge in [0.2, 0.25) is 5.91 Å². The van der Waals surface area contributed by atoms with Gasteiger partial charge in [0.05, 0.1) is 0 Å². The number of carbonyl (C=O) groups excluding carboxylic acids is 2. The molecule has 0 unspecified atom stereocenters. The molecule has 152 valence electrons. The van der Waals surface area contributed by atoms with Crippen LogP contribution in [0.25, 0.3) is 0 Å². The van der Waals surface area contributed by atoms with Gasteiger partial charge in [0, 0.05) is 30.1 Å². The predicted octanol–water partition coefficient (Wildman–Crippen LogP) is 3.95. The minimum absolute atomic E-state index is 0.0180. The largest absolute Gasteiger partial charge is 0.444 e. The van der Waals surface area contributed by atoms with Crippen molar-refractivity contribution in [3.8, 4) is 0 Å². The summed E-state index contributed by atoms with van der Waals surface area (Å²) in [5.41, 5.74) is 3.86. The molecule has 0 spiro atoms. The second-order valence-electron chi connectivity index (χ2n) is 10.3. The summed E-state index contributed by atoms with van der Waals surface area (Å²) < 4.78 is 5.41. The van der Waals surface area contributed by atoms with E-state index in [1.807, 2.05) is 20.8 Å². The molecule has 3 rings (SSSR count). The normalized spacial score (nSPS) is 32.0. The van der Waals surface area contributed by atoms with Crippen molar-refractivity contribution in [3.63, 3.8) is 0 Å². The Morgan fingerprint density at radius 1 is 1.15 bits per heavy atom. The monoisotopic (exact) mass is 377 g/mol. The summed E-state index contributed by atoms with van der Waals surface area (Å²) in [5.74, 6) is 0.568. The lowest BCUT2D eigenvalue weighted by molar-refractivity contribution is -0.126. The van der Waals surface area contributed by atoms with Crippen LogP contribution in [0.15, 0.2) is 5.10 Å². The summed E-state index contributed by atoms with van der Waals surface area (Å²) in [4.78, 5) is 26.4. The number of nitrogens with one attached hydrogen (secondary N) is 1. The summed E-state index contributed by atoms with van der Waals surface area (Å²) in [6.45, 7) is 13.7. The Morgan fingerprint density at radius 3 is 2.26 bits per heavy atom. The number of likely N-dealkylation sites (tertiary alicyclic amines) is 1. The molecule has 6 heteroatoms. The molecule has 1 heterocycles. The van der Waals surface area contributed by atoms with Crippen molar-refractivity contribution < 1.29 is 14.3 Å². The number of amides is 2. The fourth-order valence-corrected chi connectivity index (χ4v) is 4.96. The summed E-state index contributed by atoms with van der Waals surface area (Å²) >= 11 is 0. The molecular formula is C21H35N3O3. The van der Waals surface area contributed by atoms with Crippen molar-refractivity contribution in [2.75, 3.05) is 13.1 Å². The highest BCUT2D eigenvalue weighted by atomic mass is 16.6. The number of piperidine rings is 1. The number of hydrazone groups is 1. The zero-order chi connectivity index (χ0) is 20.0. The molecule has 0 aromatic carbocycles. The molecule has 0 aromatic rings. The highest BCUT2D eigenvalue weighted by Gasteiger charge is 2.60. The lowest BCUT2D eigenvalue weighted by Crippen LogP contribution is -2.44. The van der Waals surface area contributed by atoms with Crippen molar-refractivity contribution >= 4 is 17.7 Å². The first kappa shape index (κ1) is 20.2. The fourth-order valence-electron chi connectivity index (χ4n) is 4.96. The van der Waals surface area contributed by atoms with Gasteiger partial charge in [0.1, 0.15) is 5.60 Å². The number of hydrogen-bond donors (Lipinski definition) is 1. The maximum atomic E-state index is 12.6. The van der Waals surface area contributed by atoms with E-state index in [1.54, 1.807) is 4.90 Å². The second-order valence-corrected chi connectivity index (χ2v) is 10.3. The molecule has 2 saturated carbocycles. The number of carbonyl (C=O) groups is 2. The molecule has 0 radical (unpaired) electrons. The Labute approximate surface area is 163 Å². The van der Waals surface area contributed by atoms with Crippen molar-refractivity contribution in [3.05, 3.63) is 0 Å². The smallest absolute Gasteiger partial charge is 0.410 e. The summed E-state index contributed by atoms with van der Waals surface area (Å²) in [6.07, 6.45) is 4.44. The lowest BCUT2D eigenvalue weighted by atomic mass is 9.70. The molecule has 3 aliphatic rings. The Kier molecular flexibility index (Phi) is 5.06. The van der Waals surface area contributed by atoms with E-state index >= 15 is 0 Å². The molecular weight excluding hydrogens is 342 g/mol. The maximum Gasteiger partial charge on any atom is 0.410 e. The number of hydrogen-bond acceptors (Lipinski definition) is 4. The van der Waals surface area contributed by atoms with E-state index in [2.05, 4.69) is 31.3 Å². The topological polar surface area (TPSA) is 71.0 Å². The van der Waals surface area contributed by atoms with Crippen molar-refractivity contribution in [1.29, 1.82) is 0 Å². The Bertz CT molecular complexity index is 642. The van der Waals surface area contributed by atoms with Gasteiger partial charge in [-0.25, -0.2) is 10.2 Å². The molecule has 0 aromatic heterocycles. The minimum atomic E-state index is -0.494. The third-order valence-corrected chi connectivity index (χ3v) is 7.33. The van der Waals surface area contributed by atoms with Gasteiger partial charge in [-0.2, -0.15) is 5.10 Å². The van der Waals surface area contributed by atoms with Gasteiger partial charge in [0.15, 0.2) is 0 Å². The number of nitrogens with zero attached hydrogens (tertiary/aromatic N) is 2. The van der Waals surface area contributed by atoms with Crippen molar-refractivity contribution in [1.82, 2.24) is 10.3 Å². The second kappa shape index (κ2) is 6.78. The third-order valence-electron chi connectivity index (χ3n) is 7.33. The average molecular weight is 378 g/mol. The maximum absolute atomic E-state index is 12.6. The van der Waals surface area contributed by atoms with Gasteiger partial charge in [0.25, 0.3) is 0 Å². The SMILES string of the molecule is CC(C)(C)OC(=O)N1CCC(C(=O)N/N=C2/C[C@H]3CC[C@]2(C)C3(C)C)CC1. The quantitative estimate of drug-likeness (QED) is 0.741. The van der Waals surface area contributed by atoms with E-state index < -0.39 is 5.60 Å². The summed E-state index contributed by atoms with van der Waals surface area (Å²) in [6, 6.07) is 0. The van der Waals surface area contributed by atoms with Crippen LogP contribution in [0.3, 0.4) is 0 Å². The van der Waals surface area contributed by atoms with E-state index in [0.717, 1.165) is 18.6 Å². The summed E-state index contributed by atoms with van der Waals surface area (Å²) in [7, 11) is 0. The van der Waals surface area contributed by atoms with Gasteiger partial charge < -0.3 is 9.64 Å². The van der Waals surface area contributed by atoms with E-state index in [-0.39, 0.29) is 28.7 Å². The summed E-state index contributed by atoms with van der Waals surface area (Å²) in [5, 5.41) is 4.56. The van der Waals surface area contributed by atoms with E-state index in [9.17, 15) is 9.59 Å². The molecule has 1 aliphatic heterocycles. The first-order valence-corrected chi connectivity index (χ1v) is 10.3. The van der Waals surface area contributed by atoms with Crippen LogP contribution in [0.1, 0.15) is 73.6 Å². The molecule has 2 atom stereocenters. The molecule has 1 saturated heterocycles. The Morgan fingerprint density at radius 2 is 1.78 bits per heavy atom. The molecule has 6 nitrogen and oxygen atoms in total.